The van der Waals surface area contributed by atoms with Gasteiger partial charge in [-0.05, 0) is 31.2 Å². The Kier molecular flexibility index (Phi) is 4.45. The van der Waals surface area contributed by atoms with E-state index in [1.54, 1.807) is 36.1 Å². The van der Waals surface area contributed by atoms with Gasteiger partial charge in [0, 0.05) is 11.5 Å². The molecule has 7 nitrogen and oxygen atoms in total. The number of thiazole rings is 1. The zero-order chi connectivity index (χ0) is 20.8. The molecule has 0 aliphatic heterocycles. The topological polar surface area (TPSA) is 82.2 Å². The predicted molar refractivity (Wildman–Crippen MR) is 117 cm³/mol. The van der Waals surface area contributed by atoms with Gasteiger partial charge in [-0.1, -0.05) is 41.1 Å². The van der Waals surface area contributed by atoms with E-state index in [9.17, 15) is 4.79 Å². The number of anilines is 1. The zero-order valence-electron chi connectivity index (χ0n) is 16.0. The minimum Gasteiger partial charge on any atom is -0.493 e. The van der Waals surface area contributed by atoms with Crippen LogP contribution in [0.4, 0.5) is 5.82 Å². The van der Waals surface area contributed by atoms with Crippen molar-refractivity contribution in [3.05, 3.63) is 65.0 Å². The molecule has 150 valence electrons. The molecule has 0 saturated carbocycles. The van der Waals surface area contributed by atoms with E-state index < -0.39 is 5.91 Å². The Morgan fingerprint density at radius 2 is 2.07 bits per heavy atom. The number of carbonyl (C=O) groups is 1. The highest BCUT2D eigenvalue weighted by atomic mass is 35.5. The number of benzene rings is 2. The highest BCUT2D eigenvalue weighted by molar-refractivity contribution is 7.20. The average Bonchev–Trinajstić information content (AvgIpc) is 3.44. The molecule has 5 aromatic rings. The number of furan rings is 1. The van der Waals surface area contributed by atoms with E-state index in [0.717, 1.165) is 15.8 Å². The van der Waals surface area contributed by atoms with Crippen molar-refractivity contribution in [3.63, 3.8) is 0 Å². The van der Waals surface area contributed by atoms with E-state index in [0.29, 0.717) is 32.8 Å². The van der Waals surface area contributed by atoms with E-state index in [2.05, 4.69) is 15.4 Å². The van der Waals surface area contributed by atoms with Crippen LogP contribution in [0.1, 0.15) is 16.2 Å². The maximum Gasteiger partial charge on any atom is 0.292 e. The zero-order valence-corrected chi connectivity index (χ0v) is 17.5. The van der Waals surface area contributed by atoms with Crippen molar-refractivity contribution in [1.82, 2.24) is 14.8 Å². The Balaban J connectivity index is 1.51. The normalized spacial score (nSPS) is 11.3. The lowest BCUT2D eigenvalue weighted by molar-refractivity contribution is 0.0998. The number of aromatic nitrogens is 3. The SMILES string of the molecule is COc1cccc2cc(C(=O)Nc3cc(C)nn3-c3nc4c(Cl)cccc4s3)oc12. The van der Waals surface area contributed by atoms with E-state index in [1.165, 1.54) is 11.3 Å². The van der Waals surface area contributed by atoms with Crippen LogP contribution in [0.5, 0.6) is 5.75 Å². The van der Waals surface area contributed by atoms with Crippen LogP contribution in [0.25, 0.3) is 26.3 Å². The molecule has 0 spiro atoms. The van der Waals surface area contributed by atoms with Gasteiger partial charge in [-0.25, -0.2) is 4.98 Å². The summed E-state index contributed by atoms with van der Waals surface area (Å²) in [5.41, 5.74) is 1.96. The van der Waals surface area contributed by atoms with Crippen LogP contribution in [0.15, 0.2) is 52.9 Å². The lowest BCUT2D eigenvalue weighted by Gasteiger charge is -2.04. The maximum atomic E-state index is 12.9. The minimum atomic E-state index is -0.395. The molecule has 0 aliphatic carbocycles. The summed E-state index contributed by atoms with van der Waals surface area (Å²) in [6, 6.07) is 14.5. The third-order valence-electron chi connectivity index (χ3n) is 4.56. The van der Waals surface area contributed by atoms with Gasteiger partial charge in [-0.3, -0.25) is 4.79 Å². The summed E-state index contributed by atoms with van der Waals surface area (Å²) in [4.78, 5) is 17.5. The highest BCUT2D eigenvalue weighted by Crippen LogP contribution is 2.32. The number of carbonyl (C=O) groups excluding carboxylic acids is 1. The number of aryl methyl sites for hydroxylation is 1. The molecule has 9 heteroatoms. The third kappa shape index (κ3) is 3.10. The summed E-state index contributed by atoms with van der Waals surface area (Å²) in [7, 11) is 1.56. The molecular formula is C21H15ClN4O3S. The number of amides is 1. The van der Waals surface area contributed by atoms with Crippen LogP contribution in [-0.4, -0.2) is 27.8 Å². The van der Waals surface area contributed by atoms with Gasteiger partial charge in [0.25, 0.3) is 5.91 Å². The van der Waals surface area contributed by atoms with Gasteiger partial charge in [-0.15, -0.1) is 0 Å². The summed E-state index contributed by atoms with van der Waals surface area (Å²) in [6.45, 7) is 1.85. The Labute approximate surface area is 179 Å². The summed E-state index contributed by atoms with van der Waals surface area (Å²) >= 11 is 7.69. The first kappa shape index (κ1) is 18.7. The van der Waals surface area contributed by atoms with Crippen LogP contribution in [-0.2, 0) is 0 Å². The molecule has 0 saturated heterocycles. The van der Waals surface area contributed by atoms with Crippen LogP contribution in [0.3, 0.4) is 0 Å². The molecule has 0 radical (unpaired) electrons. The number of hydrogen-bond donors (Lipinski definition) is 1. The fourth-order valence-corrected chi connectivity index (χ4v) is 4.45. The van der Waals surface area contributed by atoms with Crippen molar-refractivity contribution in [1.29, 1.82) is 0 Å². The van der Waals surface area contributed by atoms with E-state index in [1.807, 2.05) is 31.2 Å². The predicted octanol–water partition coefficient (Wildman–Crippen LogP) is 5.45. The molecule has 5 rings (SSSR count). The number of halogens is 1. The Bertz CT molecular complexity index is 1420. The lowest BCUT2D eigenvalue weighted by Crippen LogP contribution is -2.14. The molecule has 0 bridgehead atoms. The second-order valence-electron chi connectivity index (χ2n) is 6.61. The first-order valence-corrected chi connectivity index (χ1v) is 10.2. The molecule has 0 fully saturated rings. The summed E-state index contributed by atoms with van der Waals surface area (Å²) < 4.78 is 13.6. The second-order valence-corrected chi connectivity index (χ2v) is 8.03. The first-order chi connectivity index (χ1) is 14.5. The molecule has 0 unspecified atom stereocenters. The van der Waals surface area contributed by atoms with Crippen LogP contribution in [0, 0.1) is 6.92 Å². The quantitative estimate of drug-likeness (QED) is 0.403. The Hall–Kier alpha value is -3.36. The molecule has 2 aromatic carbocycles. The number of para-hydroxylation sites is 2. The van der Waals surface area contributed by atoms with E-state index in [-0.39, 0.29) is 5.76 Å². The number of rotatable bonds is 4. The molecule has 30 heavy (non-hydrogen) atoms. The smallest absolute Gasteiger partial charge is 0.292 e. The monoisotopic (exact) mass is 438 g/mol. The van der Waals surface area contributed by atoms with Gasteiger partial charge in [0.1, 0.15) is 11.3 Å². The van der Waals surface area contributed by atoms with Crippen LogP contribution < -0.4 is 10.1 Å². The van der Waals surface area contributed by atoms with Gasteiger partial charge in [0.2, 0.25) is 5.13 Å². The number of fused-ring (bicyclic) bond motifs is 2. The largest absolute Gasteiger partial charge is 0.493 e. The number of ether oxygens (including phenoxy) is 1. The van der Waals surface area contributed by atoms with Gasteiger partial charge >= 0.3 is 0 Å². The van der Waals surface area contributed by atoms with Gasteiger partial charge in [-0.2, -0.15) is 9.78 Å². The fraction of sp³-hybridized carbons (Fsp3) is 0.0952. The van der Waals surface area contributed by atoms with Gasteiger partial charge < -0.3 is 14.5 Å². The molecule has 0 aliphatic rings. The van der Waals surface area contributed by atoms with E-state index in [4.69, 9.17) is 20.8 Å². The number of nitrogens with one attached hydrogen (secondary N) is 1. The van der Waals surface area contributed by atoms with Crippen LogP contribution in [0.2, 0.25) is 5.02 Å². The third-order valence-corrected chi connectivity index (χ3v) is 5.87. The van der Waals surface area contributed by atoms with Crippen LogP contribution >= 0.6 is 22.9 Å². The molecule has 0 atom stereocenters. The standard InChI is InChI=1S/C21H15ClN4O3S/c1-11-9-17(26(25-11)21-24-18-13(22)6-4-8-16(18)30-21)23-20(27)15-10-12-5-3-7-14(28-2)19(12)29-15/h3-10H,1-2H3,(H,23,27). The van der Waals surface area contributed by atoms with Crippen molar-refractivity contribution >= 4 is 55.8 Å². The summed E-state index contributed by atoms with van der Waals surface area (Å²) in [5, 5.41) is 9.30. The number of nitrogens with zero attached hydrogens (tertiary/aromatic N) is 3. The molecule has 3 aromatic heterocycles. The summed E-state index contributed by atoms with van der Waals surface area (Å²) in [5.74, 6) is 0.833. The van der Waals surface area contributed by atoms with Crippen molar-refractivity contribution in [2.24, 2.45) is 0 Å². The fourth-order valence-electron chi connectivity index (χ4n) is 3.22. The molecule has 3 heterocycles. The minimum absolute atomic E-state index is 0.173. The number of hydrogen-bond acceptors (Lipinski definition) is 6. The lowest BCUT2D eigenvalue weighted by atomic mass is 10.2. The average molecular weight is 439 g/mol. The maximum absolute atomic E-state index is 12.9. The molecular weight excluding hydrogens is 424 g/mol. The molecule has 1 N–H and O–H groups in total. The Morgan fingerprint density at radius 1 is 1.23 bits per heavy atom. The van der Waals surface area contributed by atoms with Gasteiger partial charge in [0.15, 0.2) is 17.1 Å². The van der Waals surface area contributed by atoms with Crippen molar-refractivity contribution in [2.75, 3.05) is 12.4 Å². The Morgan fingerprint density at radius 3 is 2.87 bits per heavy atom. The van der Waals surface area contributed by atoms with Crippen molar-refractivity contribution in [2.45, 2.75) is 6.92 Å². The first-order valence-electron chi connectivity index (χ1n) is 9.03. The van der Waals surface area contributed by atoms with Crippen molar-refractivity contribution in [3.8, 4) is 10.9 Å². The van der Waals surface area contributed by atoms with E-state index >= 15 is 0 Å². The summed E-state index contributed by atoms with van der Waals surface area (Å²) in [6.07, 6.45) is 0. The van der Waals surface area contributed by atoms with Crippen molar-refractivity contribution < 1.29 is 13.9 Å². The second kappa shape index (κ2) is 7.16. The molecule has 1 amide bonds. The number of methoxy groups -OCH3 is 1. The highest BCUT2D eigenvalue weighted by Gasteiger charge is 2.19. The van der Waals surface area contributed by atoms with Gasteiger partial charge in [0.05, 0.1) is 22.5 Å².